The summed E-state index contributed by atoms with van der Waals surface area (Å²) in [5, 5.41) is 6.48. The molecule has 3 saturated heterocycles. The molecule has 3 aliphatic heterocycles. The third-order valence-electron chi connectivity index (χ3n) is 10.8. The van der Waals surface area contributed by atoms with E-state index in [1.54, 1.807) is 23.2 Å². The van der Waals surface area contributed by atoms with Crippen LogP contribution in [-0.4, -0.2) is 82.5 Å². The molecule has 6 rings (SSSR count). The Morgan fingerprint density at radius 3 is 2.36 bits per heavy atom. The number of allylic oxidation sites excluding steroid dienone is 2. The molecule has 2 aromatic rings. The van der Waals surface area contributed by atoms with Gasteiger partial charge in [-0.25, -0.2) is 9.78 Å². The summed E-state index contributed by atoms with van der Waals surface area (Å²) < 4.78 is 2.26. The number of anilines is 1. The monoisotopic (exact) mass is 645 g/mol. The fourth-order valence-electron chi connectivity index (χ4n) is 8.75. The largest absolute Gasteiger partial charge is 0.394 e. The van der Waals surface area contributed by atoms with Crippen molar-refractivity contribution in [2.75, 3.05) is 44.2 Å². The second-order valence-electron chi connectivity index (χ2n) is 15.3. The molecule has 2 aromatic heterocycles. The van der Waals surface area contributed by atoms with Gasteiger partial charge in [0.1, 0.15) is 5.65 Å². The number of nitrogens with two attached hydrogens (primary N) is 2. The number of nitrogens with zero attached hydrogens (tertiary/aromatic N) is 5. The van der Waals surface area contributed by atoms with Crippen LogP contribution in [0.5, 0.6) is 0 Å². The zero-order valence-corrected chi connectivity index (χ0v) is 28.3. The minimum Gasteiger partial charge on any atom is -0.394 e. The summed E-state index contributed by atoms with van der Waals surface area (Å²) in [6, 6.07) is 3.95. The molecule has 12 nitrogen and oxygen atoms in total. The molecular formula is C35H51N9O3. The number of nitrogens with one attached hydrogen (secondary N) is 2. The molecule has 0 spiro atoms. The molecule has 1 aliphatic carbocycles. The highest BCUT2D eigenvalue weighted by atomic mass is 16.2. The topological polar surface area (TPSA) is 155 Å². The van der Waals surface area contributed by atoms with E-state index < -0.39 is 0 Å². The van der Waals surface area contributed by atoms with Crippen LogP contribution in [0.25, 0.3) is 11.0 Å². The van der Waals surface area contributed by atoms with Gasteiger partial charge in [0.25, 0.3) is 5.91 Å². The average Bonchev–Trinajstić information content (AvgIpc) is 3.47. The number of likely N-dealkylation sites (tertiary alicyclic amines) is 2. The Bertz CT molecular complexity index is 1560. The highest BCUT2D eigenvalue weighted by molar-refractivity contribution is 6.09. The zero-order valence-electron chi connectivity index (χ0n) is 28.3. The minimum atomic E-state index is -0.377. The first-order valence-electron chi connectivity index (χ1n) is 17.1. The predicted octanol–water partition coefficient (Wildman–Crippen LogP) is 3.42. The first-order valence-corrected chi connectivity index (χ1v) is 17.1. The van der Waals surface area contributed by atoms with Crippen LogP contribution in [0.2, 0.25) is 0 Å². The lowest BCUT2D eigenvalue weighted by molar-refractivity contribution is -0.125. The Morgan fingerprint density at radius 1 is 1.00 bits per heavy atom. The van der Waals surface area contributed by atoms with Gasteiger partial charge in [-0.3, -0.25) is 19.8 Å². The van der Waals surface area contributed by atoms with Crippen LogP contribution in [0, 0.1) is 16.7 Å². The Morgan fingerprint density at radius 2 is 1.70 bits per heavy atom. The van der Waals surface area contributed by atoms with Crippen molar-refractivity contribution < 1.29 is 14.4 Å². The summed E-state index contributed by atoms with van der Waals surface area (Å²) in [6.45, 7) is 14.0. The summed E-state index contributed by atoms with van der Waals surface area (Å²) in [4.78, 5) is 48.0. The van der Waals surface area contributed by atoms with Gasteiger partial charge in [0.2, 0.25) is 5.91 Å². The van der Waals surface area contributed by atoms with Crippen molar-refractivity contribution in [3.8, 4) is 0 Å². The van der Waals surface area contributed by atoms with E-state index in [-0.39, 0.29) is 40.4 Å². The van der Waals surface area contributed by atoms with Crippen molar-refractivity contribution in [3.63, 3.8) is 0 Å². The molecule has 0 atom stereocenters. The number of rotatable bonds is 8. The Kier molecular flexibility index (Phi) is 8.99. The molecule has 6 N–H and O–H groups in total. The van der Waals surface area contributed by atoms with Crippen molar-refractivity contribution in [2.45, 2.75) is 78.3 Å². The van der Waals surface area contributed by atoms with Gasteiger partial charge >= 0.3 is 6.03 Å². The summed E-state index contributed by atoms with van der Waals surface area (Å²) >= 11 is 0. The number of imide groups is 1. The van der Waals surface area contributed by atoms with Gasteiger partial charge in [-0.15, -0.1) is 0 Å². The number of urea groups is 1. The fraction of sp³-hybridized carbons (Fsp3) is 0.600. The Labute approximate surface area is 277 Å². The van der Waals surface area contributed by atoms with E-state index in [2.05, 4.69) is 63.9 Å². The third-order valence-corrected chi connectivity index (χ3v) is 10.8. The van der Waals surface area contributed by atoms with Crippen LogP contribution >= 0.6 is 0 Å². The number of pyridine rings is 1. The van der Waals surface area contributed by atoms with Crippen LogP contribution in [0.3, 0.4) is 0 Å². The number of fused-ring (bicyclic) bond motifs is 1. The molecule has 4 aliphatic rings. The first-order chi connectivity index (χ1) is 22.3. The lowest BCUT2D eigenvalue weighted by atomic mass is 9.52. The Balaban J connectivity index is 0.967. The molecule has 0 aromatic carbocycles. The summed E-state index contributed by atoms with van der Waals surface area (Å²) in [6.07, 6.45) is 12.8. The lowest BCUT2D eigenvalue weighted by Crippen LogP contribution is -2.63. The summed E-state index contributed by atoms with van der Waals surface area (Å²) in [5.41, 5.74) is 14.5. The normalized spacial score (nSPS) is 23.6. The molecule has 47 heavy (non-hydrogen) atoms. The van der Waals surface area contributed by atoms with Crippen molar-refractivity contribution in [1.29, 1.82) is 0 Å². The number of piperidine rings is 2. The third kappa shape index (κ3) is 6.83. The van der Waals surface area contributed by atoms with E-state index in [1.165, 1.54) is 0 Å². The molecule has 0 radical (unpaired) electrons. The van der Waals surface area contributed by atoms with E-state index in [1.807, 2.05) is 12.1 Å². The van der Waals surface area contributed by atoms with Gasteiger partial charge in [0.15, 0.2) is 0 Å². The van der Waals surface area contributed by atoms with E-state index in [9.17, 15) is 14.4 Å². The van der Waals surface area contributed by atoms with Gasteiger partial charge in [-0.05, 0) is 73.1 Å². The van der Waals surface area contributed by atoms with Crippen LogP contribution in [0.4, 0.5) is 10.5 Å². The minimum absolute atomic E-state index is 0.0630. The molecule has 0 unspecified atom stereocenters. The maximum absolute atomic E-state index is 12.8. The first kappa shape index (κ1) is 32.9. The molecule has 4 fully saturated rings. The maximum atomic E-state index is 12.8. The van der Waals surface area contributed by atoms with Gasteiger partial charge < -0.3 is 31.2 Å². The van der Waals surface area contributed by atoms with Crippen molar-refractivity contribution >= 4 is 34.6 Å². The quantitative estimate of drug-likeness (QED) is 0.252. The highest BCUT2D eigenvalue weighted by Crippen LogP contribution is 2.53. The molecule has 1 saturated carbocycles. The van der Waals surface area contributed by atoms with Crippen molar-refractivity contribution in [2.24, 2.45) is 28.2 Å². The number of amides is 4. The lowest BCUT2D eigenvalue weighted by Gasteiger charge is -2.57. The number of hydrogen-bond donors (Lipinski definition) is 4. The van der Waals surface area contributed by atoms with Gasteiger partial charge in [0.05, 0.1) is 17.2 Å². The van der Waals surface area contributed by atoms with Crippen LogP contribution in [0.1, 0.15) is 72.3 Å². The standard InChI is InChI=1S/C35H51N9O3/c1-34(2)22-35(3,4)32(34)40-31(46)26(36)5-6-28(37)42-17-8-23(9-18-42)21-41-15-10-24(11-16-41)43-19-12-25-27(7-14-38-30(25)43)44-20-13-29(45)39-33(44)47/h5-7,12,14,19,23-24,32H,8-11,13,15-18,20-22,36-37H2,1-4H3,(H,40,46)(H,39,45,47)/b26-5-,28-6+. The van der Waals surface area contributed by atoms with E-state index >= 15 is 0 Å². The fourth-order valence-corrected chi connectivity index (χ4v) is 8.75. The molecule has 4 amide bonds. The maximum Gasteiger partial charge on any atom is 0.328 e. The number of hydrogen-bond acceptors (Lipinski definition) is 8. The van der Waals surface area contributed by atoms with Gasteiger partial charge in [-0.1, -0.05) is 27.7 Å². The SMILES string of the molecule is CC1(C)CC(C)(C)C1NC(=O)/C(N)=C/C=C(\N)N1CCC(CN2CCC(n3ccc4c(N5CCC(=O)NC5=O)ccnc43)CC2)CC1. The van der Waals surface area contributed by atoms with Gasteiger partial charge in [0, 0.05) is 75.6 Å². The van der Waals surface area contributed by atoms with Crippen LogP contribution in [0.15, 0.2) is 48.2 Å². The average molecular weight is 646 g/mol. The van der Waals surface area contributed by atoms with E-state index in [0.717, 1.165) is 81.5 Å². The van der Waals surface area contributed by atoms with E-state index in [4.69, 9.17) is 11.5 Å². The highest BCUT2D eigenvalue weighted by Gasteiger charge is 2.53. The van der Waals surface area contributed by atoms with E-state index in [0.29, 0.717) is 30.7 Å². The number of aromatic nitrogens is 2. The molecular weight excluding hydrogens is 594 g/mol. The predicted molar refractivity (Wildman–Crippen MR) is 183 cm³/mol. The van der Waals surface area contributed by atoms with Crippen LogP contribution in [-0.2, 0) is 9.59 Å². The molecule has 5 heterocycles. The second kappa shape index (κ2) is 12.9. The summed E-state index contributed by atoms with van der Waals surface area (Å²) in [5.74, 6) is 0.796. The van der Waals surface area contributed by atoms with Crippen LogP contribution < -0.4 is 27.0 Å². The second-order valence-corrected chi connectivity index (χ2v) is 15.3. The molecule has 0 bridgehead atoms. The van der Waals surface area contributed by atoms with Crippen molar-refractivity contribution in [3.05, 3.63) is 48.2 Å². The van der Waals surface area contributed by atoms with Gasteiger partial charge in [-0.2, -0.15) is 0 Å². The van der Waals surface area contributed by atoms with Crippen molar-refractivity contribution in [1.82, 2.24) is 30.0 Å². The summed E-state index contributed by atoms with van der Waals surface area (Å²) in [7, 11) is 0. The molecule has 254 valence electrons. The number of carbonyl (C=O) groups excluding carboxylic acids is 3. The number of carbonyl (C=O) groups is 3. The molecule has 12 heteroatoms. The smallest absolute Gasteiger partial charge is 0.328 e. The zero-order chi connectivity index (χ0) is 33.5. The Hall–Kier alpha value is -4.06.